The fourth-order valence-electron chi connectivity index (χ4n) is 5.40. The topological polar surface area (TPSA) is 86.0 Å². The van der Waals surface area contributed by atoms with Crippen LogP contribution < -0.4 is 0 Å². The maximum absolute atomic E-state index is 13.3. The molecule has 172 valence electrons. The lowest BCUT2D eigenvalue weighted by atomic mass is 9.83. The second kappa shape index (κ2) is 10.2. The first-order chi connectivity index (χ1) is 14.8. The molecule has 2 aromatic carbocycles. The van der Waals surface area contributed by atoms with Gasteiger partial charge in [-0.3, -0.25) is 9.59 Å². The van der Waals surface area contributed by atoms with Gasteiger partial charge in [0.1, 0.15) is 22.7 Å². The number of Topliss-reactive ketones (excluding diaryl/α,β-unsaturated/α-hetero) is 2. The summed E-state index contributed by atoms with van der Waals surface area (Å²) < 4.78 is 14.8. The van der Waals surface area contributed by atoms with E-state index in [-0.39, 0.29) is 23.0 Å². The summed E-state index contributed by atoms with van der Waals surface area (Å²) in [4.78, 5) is 26.9. The first kappa shape index (κ1) is 24.5. The zero-order valence-electron chi connectivity index (χ0n) is 19.1. The minimum atomic E-state index is -1.13. The van der Waals surface area contributed by atoms with E-state index in [1.165, 1.54) is 0 Å². The number of nitrogens with zero attached hydrogens (tertiary/aromatic N) is 1. The Kier molecular flexibility index (Phi) is 7.80. The summed E-state index contributed by atoms with van der Waals surface area (Å²) in [5.74, 6) is -0.169. The molecule has 1 heterocycles. The van der Waals surface area contributed by atoms with E-state index in [1.54, 1.807) is 0 Å². The van der Waals surface area contributed by atoms with Gasteiger partial charge >= 0.3 is 0 Å². The molecular formula is C26H33NO4S. The third kappa shape index (κ3) is 4.92. The van der Waals surface area contributed by atoms with E-state index in [2.05, 4.69) is 12.1 Å². The molecule has 0 aromatic heterocycles. The molecule has 2 aliphatic rings. The Morgan fingerprint density at radius 3 is 2.16 bits per heavy atom. The lowest BCUT2D eigenvalue weighted by Crippen LogP contribution is -2.36. The number of benzene rings is 2. The minimum absolute atomic E-state index is 0. The van der Waals surface area contributed by atoms with Crippen LogP contribution in [0.1, 0.15) is 53.9 Å². The SMILES string of the molecule is Cc1cc(C)c(C2C(=O)CC(CC3CCN(S(=O)c4ccccc4)CC3)C2=O)c(C)c1.O. The molecule has 3 atom stereocenters. The molecule has 2 aromatic rings. The average molecular weight is 456 g/mol. The lowest BCUT2D eigenvalue weighted by molar-refractivity contribution is -0.125. The average Bonchev–Trinajstić information content (AvgIpc) is 3.01. The number of hydrogen-bond acceptors (Lipinski definition) is 3. The van der Waals surface area contributed by atoms with E-state index >= 15 is 0 Å². The van der Waals surface area contributed by atoms with Crippen LogP contribution in [0.2, 0.25) is 0 Å². The van der Waals surface area contributed by atoms with Crippen molar-refractivity contribution in [1.82, 2.24) is 4.31 Å². The molecule has 5 nitrogen and oxygen atoms in total. The first-order valence-electron chi connectivity index (χ1n) is 11.2. The Bertz CT molecular complexity index is 989. The van der Waals surface area contributed by atoms with Gasteiger partial charge in [-0.15, -0.1) is 0 Å². The molecule has 6 heteroatoms. The molecule has 2 fully saturated rings. The third-order valence-corrected chi connectivity index (χ3v) is 8.36. The Labute approximate surface area is 193 Å². The fraction of sp³-hybridized carbons (Fsp3) is 0.462. The Hall–Kier alpha value is -2.15. The quantitative estimate of drug-likeness (QED) is 0.642. The van der Waals surface area contributed by atoms with Crippen LogP contribution in [0.3, 0.4) is 0 Å². The van der Waals surface area contributed by atoms with E-state index < -0.39 is 16.9 Å². The summed E-state index contributed by atoms with van der Waals surface area (Å²) in [5, 5.41) is 0. The Morgan fingerprint density at radius 2 is 1.56 bits per heavy atom. The summed E-state index contributed by atoms with van der Waals surface area (Å²) in [6.07, 6.45) is 2.98. The van der Waals surface area contributed by atoms with Crippen LogP contribution >= 0.6 is 0 Å². The summed E-state index contributed by atoms with van der Waals surface area (Å²) >= 11 is 0. The van der Waals surface area contributed by atoms with Gasteiger partial charge in [-0.25, -0.2) is 8.51 Å². The van der Waals surface area contributed by atoms with Gasteiger partial charge in [0.25, 0.3) is 0 Å². The van der Waals surface area contributed by atoms with Crippen molar-refractivity contribution < 1.29 is 19.3 Å². The predicted octanol–water partition coefficient (Wildman–Crippen LogP) is 3.85. The standard InChI is InChI=1S/C26H31NO3S.H2O/c1-17-13-18(2)24(19(3)14-17)25-23(28)16-21(26(25)29)15-20-9-11-27(12-10-20)31(30)22-7-5-4-6-8-22;/h4-8,13-14,20-21,25H,9-12,15-16H2,1-3H3;1H2. The maximum Gasteiger partial charge on any atom is 0.151 e. The zero-order valence-corrected chi connectivity index (χ0v) is 19.9. The monoisotopic (exact) mass is 455 g/mol. The Balaban J connectivity index is 0.00000289. The van der Waals surface area contributed by atoms with E-state index in [0.29, 0.717) is 12.3 Å². The van der Waals surface area contributed by atoms with Gasteiger partial charge in [0.15, 0.2) is 5.78 Å². The summed E-state index contributed by atoms with van der Waals surface area (Å²) in [6, 6.07) is 13.7. The van der Waals surface area contributed by atoms with E-state index in [4.69, 9.17) is 0 Å². The van der Waals surface area contributed by atoms with Crippen molar-refractivity contribution in [2.24, 2.45) is 11.8 Å². The molecule has 2 N–H and O–H groups in total. The molecular weight excluding hydrogens is 422 g/mol. The van der Waals surface area contributed by atoms with Crippen LogP contribution in [0.15, 0.2) is 47.4 Å². The zero-order chi connectivity index (χ0) is 22.1. The van der Waals surface area contributed by atoms with Crippen molar-refractivity contribution in [3.63, 3.8) is 0 Å². The maximum atomic E-state index is 13.3. The predicted molar refractivity (Wildman–Crippen MR) is 127 cm³/mol. The molecule has 0 radical (unpaired) electrons. The van der Waals surface area contributed by atoms with Gasteiger partial charge in [0, 0.05) is 25.4 Å². The van der Waals surface area contributed by atoms with Crippen molar-refractivity contribution in [3.8, 4) is 0 Å². The lowest BCUT2D eigenvalue weighted by Gasteiger charge is -2.31. The molecule has 1 aliphatic heterocycles. The molecule has 0 spiro atoms. The van der Waals surface area contributed by atoms with Crippen molar-refractivity contribution in [1.29, 1.82) is 0 Å². The molecule has 1 saturated heterocycles. The van der Waals surface area contributed by atoms with Crippen LogP contribution in [0.5, 0.6) is 0 Å². The van der Waals surface area contributed by atoms with Gasteiger partial charge < -0.3 is 5.48 Å². The smallest absolute Gasteiger partial charge is 0.151 e. The highest BCUT2D eigenvalue weighted by Gasteiger charge is 2.44. The van der Waals surface area contributed by atoms with Crippen molar-refractivity contribution in [2.45, 2.75) is 57.3 Å². The number of aryl methyl sites for hydroxylation is 3. The number of piperidine rings is 1. The van der Waals surface area contributed by atoms with Crippen molar-refractivity contribution in [2.75, 3.05) is 13.1 Å². The van der Waals surface area contributed by atoms with Gasteiger partial charge in [0.05, 0.1) is 4.90 Å². The number of ketones is 2. The number of hydrogen-bond donors (Lipinski definition) is 0. The van der Waals surface area contributed by atoms with Crippen LogP contribution in [-0.4, -0.2) is 38.6 Å². The van der Waals surface area contributed by atoms with Gasteiger partial charge in [-0.05, 0) is 74.8 Å². The van der Waals surface area contributed by atoms with Crippen LogP contribution in [0, 0.1) is 32.6 Å². The highest BCUT2D eigenvalue weighted by atomic mass is 32.2. The van der Waals surface area contributed by atoms with Crippen molar-refractivity contribution >= 4 is 22.6 Å². The highest BCUT2D eigenvalue weighted by Crippen LogP contribution is 2.40. The first-order valence-corrected chi connectivity index (χ1v) is 12.3. The molecule has 1 aliphatic carbocycles. The minimum Gasteiger partial charge on any atom is -0.412 e. The van der Waals surface area contributed by atoms with E-state index in [9.17, 15) is 13.8 Å². The van der Waals surface area contributed by atoms with Gasteiger partial charge in [0.2, 0.25) is 0 Å². The second-order valence-corrected chi connectivity index (χ2v) is 10.7. The number of carbonyl (C=O) groups excluding carboxylic acids is 2. The Morgan fingerprint density at radius 1 is 0.969 bits per heavy atom. The molecule has 0 amide bonds. The summed E-state index contributed by atoms with van der Waals surface area (Å²) in [7, 11) is -1.13. The van der Waals surface area contributed by atoms with Crippen molar-refractivity contribution in [3.05, 3.63) is 64.7 Å². The number of carbonyl (C=O) groups is 2. The van der Waals surface area contributed by atoms with Gasteiger partial charge in [-0.2, -0.15) is 0 Å². The van der Waals surface area contributed by atoms with Crippen LogP contribution in [-0.2, 0) is 20.6 Å². The number of rotatable bonds is 5. The van der Waals surface area contributed by atoms with Gasteiger partial charge in [-0.1, -0.05) is 35.9 Å². The van der Waals surface area contributed by atoms with E-state index in [1.807, 2.05) is 55.4 Å². The second-order valence-electron chi connectivity index (χ2n) is 9.19. The molecule has 3 unspecified atom stereocenters. The molecule has 0 bridgehead atoms. The highest BCUT2D eigenvalue weighted by molar-refractivity contribution is 7.82. The fourth-order valence-corrected chi connectivity index (χ4v) is 6.63. The summed E-state index contributed by atoms with van der Waals surface area (Å²) in [6.45, 7) is 7.58. The van der Waals surface area contributed by atoms with Crippen LogP contribution in [0.4, 0.5) is 0 Å². The van der Waals surface area contributed by atoms with E-state index in [0.717, 1.165) is 59.5 Å². The summed E-state index contributed by atoms with van der Waals surface area (Å²) in [5.41, 5.74) is 4.17. The van der Waals surface area contributed by atoms with Crippen LogP contribution in [0.25, 0.3) is 0 Å². The third-order valence-electron chi connectivity index (χ3n) is 6.85. The molecule has 32 heavy (non-hydrogen) atoms. The largest absolute Gasteiger partial charge is 0.412 e. The molecule has 1 saturated carbocycles. The molecule has 4 rings (SSSR count). The normalized spacial score (nSPS) is 23.2.